The molecule has 1 amide bonds. The minimum Gasteiger partial charge on any atom is -0.444 e. The van der Waals surface area contributed by atoms with Gasteiger partial charge in [0.15, 0.2) is 11.6 Å². The molecule has 8 heteroatoms. The molecule has 0 bridgehead atoms. The van der Waals surface area contributed by atoms with Crippen molar-refractivity contribution in [3.8, 4) is 0 Å². The summed E-state index contributed by atoms with van der Waals surface area (Å²) < 4.78 is 11.4. The normalized spacial score (nSPS) is 19.1. The van der Waals surface area contributed by atoms with Crippen LogP contribution in [0.5, 0.6) is 0 Å². The molecule has 0 radical (unpaired) electrons. The molecule has 7 nitrogen and oxygen atoms in total. The third kappa shape index (κ3) is 9.54. The second kappa shape index (κ2) is 16.9. The fraction of sp³-hybridized carbons (Fsp3) is 0.703. The van der Waals surface area contributed by atoms with Gasteiger partial charge in [-0.1, -0.05) is 32.4 Å². The van der Waals surface area contributed by atoms with Crippen molar-refractivity contribution in [1.82, 2.24) is 4.90 Å². The van der Waals surface area contributed by atoms with E-state index in [0.717, 1.165) is 84.0 Å². The Morgan fingerprint density at radius 2 is 1.82 bits per heavy atom. The zero-order chi connectivity index (χ0) is 33.3. The first-order valence-electron chi connectivity index (χ1n) is 17.2. The Kier molecular flexibility index (Phi) is 13.9. The van der Waals surface area contributed by atoms with Crippen LogP contribution in [-0.4, -0.2) is 67.1 Å². The van der Waals surface area contributed by atoms with Crippen LogP contribution in [0.25, 0.3) is 0 Å². The molecule has 2 saturated heterocycles. The number of hydrogen-bond acceptors (Lipinski definition) is 7. The van der Waals surface area contributed by atoms with Crippen LogP contribution < -0.4 is 4.90 Å². The molecule has 0 aliphatic carbocycles. The highest BCUT2D eigenvalue weighted by molar-refractivity contribution is 7.16. The van der Waals surface area contributed by atoms with Crippen LogP contribution in [0.3, 0.4) is 0 Å². The van der Waals surface area contributed by atoms with Gasteiger partial charge in [0.1, 0.15) is 5.60 Å². The van der Waals surface area contributed by atoms with Crippen molar-refractivity contribution in [2.45, 2.75) is 131 Å². The van der Waals surface area contributed by atoms with E-state index in [1.807, 2.05) is 46.8 Å². The smallest absolute Gasteiger partial charge is 0.410 e. The summed E-state index contributed by atoms with van der Waals surface area (Å²) >= 11 is 1.74. The summed E-state index contributed by atoms with van der Waals surface area (Å²) in [6.07, 6.45) is 9.81. The van der Waals surface area contributed by atoms with E-state index in [1.165, 1.54) is 0 Å². The first kappa shape index (κ1) is 37.0. The lowest BCUT2D eigenvalue weighted by Crippen LogP contribution is -2.39. The monoisotopic (exact) mass is 642 g/mol. The van der Waals surface area contributed by atoms with Crippen molar-refractivity contribution in [3.05, 3.63) is 39.3 Å². The van der Waals surface area contributed by atoms with Crippen molar-refractivity contribution in [1.29, 1.82) is 0 Å². The molecule has 2 fully saturated rings. The molecule has 0 saturated carbocycles. The Balaban J connectivity index is 2.05. The number of likely N-dealkylation sites (tertiary alicyclic amines) is 1. The van der Waals surface area contributed by atoms with Gasteiger partial charge in [0.25, 0.3) is 0 Å². The summed E-state index contributed by atoms with van der Waals surface area (Å²) in [6.45, 7) is 21.6. The fourth-order valence-electron chi connectivity index (χ4n) is 6.63. The number of allylic oxidation sites excluding steroid dienone is 4. The summed E-state index contributed by atoms with van der Waals surface area (Å²) in [7, 11) is 0. The van der Waals surface area contributed by atoms with Gasteiger partial charge in [-0.2, -0.15) is 0 Å². The fourth-order valence-corrected chi connectivity index (χ4v) is 8.20. The lowest BCUT2D eigenvalue weighted by atomic mass is 9.83. The SMILES string of the molecule is CC=CC(C)=C(CC(CC)C(=O)c1c(C2CCN(C(=O)OC(C)(C)C)C2)sc(N(CC)C2CCOCC2)c1C)C(=O)CCCC. The summed E-state index contributed by atoms with van der Waals surface area (Å²) in [5, 5.41) is 1.16. The van der Waals surface area contributed by atoms with Crippen LogP contribution in [-0.2, 0) is 14.3 Å². The topological polar surface area (TPSA) is 76.2 Å². The van der Waals surface area contributed by atoms with Crippen LogP contribution in [0.1, 0.15) is 133 Å². The van der Waals surface area contributed by atoms with Gasteiger partial charge in [0.2, 0.25) is 0 Å². The van der Waals surface area contributed by atoms with Crippen LogP contribution in [0.15, 0.2) is 23.3 Å². The van der Waals surface area contributed by atoms with Gasteiger partial charge in [0, 0.05) is 67.6 Å². The maximum Gasteiger partial charge on any atom is 0.410 e. The number of ether oxygens (including phenoxy) is 2. The van der Waals surface area contributed by atoms with Crippen LogP contribution >= 0.6 is 11.3 Å². The number of amides is 1. The number of Topliss-reactive ketones (excluding diaryl/α,β-unsaturated/α-hetero) is 2. The Labute approximate surface area is 276 Å². The number of carbonyl (C=O) groups excluding carboxylic acids is 3. The van der Waals surface area contributed by atoms with E-state index in [2.05, 4.69) is 32.6 Å². The van der Waals surface area contributed by atoms with Crippen LogP contribution in [0.2, 0.25) is 0 Å². The molecule has 2 unspecified atom stereocenters. The lowest BCUT2D eigenvalue weighted by molar-refractivity contribution is -0.115. The average Bonchev–Trinajstić information content (AvgIpc) is 3.62. The zero-order valence-corrected chi connectivity index (χ0v) is 30.2. The number of hydrogen-bond donors (Lipinski definition) is 0. The zero-order valence-electron chi connectivity index (χ0n) is 29.4. The molecule has 0 N–H and O–H groups in total. The summed E-state index contributed by atoms with van der Waals surface area (Å²) in [6, 6.07) is 0.370. The number of carbonyl (C=O) groups is 3. The second-order valence-electron chi connectivity index (χ2n) is 13.7. The van der Waals surface area contributed by atoms with Crippen molar-refractivity contribution >= 4 is 34.0 Å². The Morgan fingerprint density at radius 3 is 2.40 bits per heavy atom. The van der Waals surface area contributed by atoms with E-state index in [4.69, 9.17) is 9.47 Å². The quantitative estimate of drug-likeness (QED) is 0.115. The molecule has 2 atom stereocenters. The third-order valence-corrected chi connectivity index (χ3v) is 10.6. The molecule has 0 aromatic carbocycles. The van der Waals surface area contributed by atoms with Gasteiger partial charge in [-0.25, -0.2) is 4.79 Å². The molecule has 1 aromatic heterocycles. The minimum absolute atomic E-state index is 0.0609. The van der Waals surface area contributed by atoms with E-state index >= 15 is 0 Å². The molecular weight excluding hydrogens is 584 g/mol. The predicted molar refractivity (Wildman–Crippen MR) is 186 cm³/mol. The maximum absolute atomic E-state index is 14.7. The molecule has 45 heavy (non-hydrogen) atoms. The minimum atomic E-state index is -0.562. The van der Waals surface area contributed by atoms with E-state index in [0.29, 0.717) is 38.4 Å². The molecule has 3 heterocycles. The summed E-state index contributed by atoms with van der Waals surface area (Å²) in [4.78, 5) is 46.5. The number of nitrogens with zero attached hydrogens (tertiary/aromatic N) is 2. The second-order valence-corrected chi connectivity index (χ2v) is 14.7. The number of ketones is 2. The Bertz CT molecular complexity index is 1230. The number of unbranched alkanes of at least 4 members (excludes halogenated alkanes) is 1. The van der Waals surface area contributed by atoms with Crippen molar-refractivity contribution in [2.75, 3.05) is 37.7 Å². The Morgan fingerprint density at radius 1 is 1.13 bits per heavy atom. The van der Waals surface area contributed by atoms with Crippen molar-refractivity contribution in [2.24, 2.45) is 5.92 Å². The molecule has 2 aliphatic rings. The largest absolute Gasteiger partial charge is 0.444 e. The van der Waals surface area contributed by atoms with Crippen molar-refractivity contribution in [3.63, 3.8) is 0 Å². The van der Waals surface area contributed by atoms with E-state index in [-0.39, 0.29) is 29.5 Å². The molecule has 1 aromatic rings. The number of rotatable bonds is 14. The average molecular weight is 643 g/mol. The Hall–Kier alpha value is -2.45. The standard InChI is InChI=1S/C37H58N2O5S/c1-10-14-16-31(40)30(25(5)15-11-2)23-27(12-3)33(41)32-26(6)35(39(13-4)29-18-21-43-22-19-29)45-34(32)28-17-20-38(24-28)36(42)44-37(7,8)9/h11,15,27-29H,10,12-14,16-24H2,1-9H3. The molecule has 2 aliphatic heterocycles. The highest BCUT2D eigenvalue weighted by atomic mass is 32.1. The highest BCUT2D eigenvalue weighted by Crippen LogP contribution is 2.45. The molecule has 3 rings (SSSR count). The van der Waals surface area contributed by atoms with E-state index in [9.17, 15) is 14.4 Å². The highest BCUT2D eigenvalue weighted by Gasteiger charge is 2.38. The summed E-state index contributed by atoms with van der Waals surface area (Å²) in [5.74, 6) is 0.0421. The predicted octanol–water partition coefficient (Wildman–Crippen LogP) is 9.04. The maximum atomic E-state index is 14.7. The first-order valence-corrected chi connectivity index (χ1v) is 18.0. The lowest BCUT2D eigenvalue weighted by Gasteiger charge is -2.35. The molecule has 0 spiro atoms. The van der Waals surface area contributed by atoms with Crippen LogP contribution in [0, 0.1) is 12.8 Å². The van der Waals surface area contributed by atoms with Gasteiger partial charge >= 0.3 is 6.09 Å². The number of thiophene rings is 1. The van der Waals surface area contributed by atoms with Crippen LogP contribution in [0.4, 0.5) is 9.80 Å². The first-order chi connectivity index (χ1) is 21.4. The van der Waals surface area contributed by atoms with Crippen molar-refractivity contribution < 1.29 is 23.9 Å². The van der Waals surface area contributed by atoms with Gasteiger partial charge < -0.3 is 19.3 Å². The van der Waals surface area contributed by atoms with Gasteiger partial charge in [-0.15, -0.1) is 11.3 Å². The van der Waals surface area contributed by atoms with Gasteiger partial charge in [-0.3, -0.25) is 9.59 Å². The molecule has 252 valence electrons. The number of anilines is 1. The van der Waals surface area contributed by atoms with E-state index in [1.54, 1.807) is 16.2 Å². The molecular formula is C37H58N2O5S. The third-order valence-electron chi connectivity index (χ3n) is 9.14. The van der Waals surface area contributed by atoms with Gasteiger partial charge in [-0.05, 0) is 104 Å². The van der Waals surface area contributed by atoms with E-state index < -0.39 is 5.60 Å². The van der Waals surface area contributed by atoms with Gasteiger partial charge in [0.05, 0.1) is 5.00 Å². The summed E-state index contributed by atoms with van der Waals surface area (Å²) in [5.41, 5.74) is 3.02.